The van der Waals surface area contributed by atoms with E-state index in [0.29, 0.717) is 6.42 Å². The second kappa shape index (κ2) is 6.88. The molecular weight excluding hydrogens is 228 g/mol. The van der Waals surface area contributed by atoms with Gasteiger partial charge in [-0.2, -0.15) is 0 Å². The van der Waals surface area contributed by atoms with E-state index in [1.165, 1.54) is 7.11 Å². The van der Waals surface area contributed by atoms with Crippen LogP contribution in [0.4, 0.5) is 0 Å². The summed E-state index contributed by atoms with van der Waals surface area (Å²) in [5.41, 5.74) is 0. The van der Waals surface area contributed by atoms with Gasteiger partial charge in [-0.3, -0.25) is 14.4 Å². The van der Waals surface area contributed by atoms with Crippen LogP contribution in [-0.2, 0) is 19.1 Å². The number of aliphatic carboxylic acids is 2. The molecule has 0 heterocycles. The number of carboxylic acids is 2. The molecule has 0 radical (unpaired) electrons. The number of carboxylic acid groups (broad SMARTS) is 2. The summed E-state index contributed by atoms with van der Waals surface area (Å²) in [5.74, 6) is -5.84. The highest BCUT2D eigenvalue weighted by Crippen LogP contribution is 2.25. The molecule has 0 spiro atoms. The summed E-state index contributed by atoms with van der Waals surface area (Å²) in [6, 6.07) is 0. The predicted molar refractivity (Wildman–Crippen MR) is 58.3 cm³/mol. The zero-order valence-corrected chi connectivity index (χ0v) is 10.2. The minimum atomic E-state index is -1.58. The highest BCUT2D eigenvalue weighted by molar-refractivity contribution is 5.93. The first-order valence-electron chi connectivity index (χ1n) is 5.38. The average Bonchev–Trinajstić information content (AvgIpc) is 2.27. The normalized spacial score (nSPS) is 14.1. The van der Waals surface area contributed by atoms with Crippen molar-refractivity contribution in [2.45, 2.75) is 26.7 Å². The van der Waals surface area contributed by atoms with Gasteiger partial charge >= 0.3 is 17.9 Å². The van der Waals surface area contributed by atoms with Crippen molar-refractivity contribution in [1.82, 2.24) is 0 Å². The lowest BCUT2D eigenvalue weighted by atomic mass is 9.84. The van der Waals surface area contributed by atoms with Crippen LogP contribution < -0.4 is 0 Å². The van der Waals surface area contributed by atoms with E-state index >= 15 is 0 Å². The van der Waals surface area contributed by atoms with Gasteiger partial charge < -0.3 is 14.9 Å². The maximum atomic E-state index is 11.5. The Morgan fingerprint density at radius 2 is 1.65 bits per heavy atom. The Hall–Kier alpha value is -1.59. The zero-order valence-electron chi connectivity index (χ0n) is 10.2. The zero-order chi connectivity index (χ0) is 13.6. The molecule has 17 heavy (non-hydrogen) atoms. The summed E-state index contributed by atoms with van der Waals surface area (Å²) < 4.78 is 4.57. The molecule has 0 aliphatic rings. The third-order valence-corrected chi connectivity index (χ3v) is 2.92. The van der Waals surface area contributed by atoms with E-state index < -0.39 is 29.7 Å². The number of esters is 1. The van der Waals surface area contributed by atoms with Crippen LogP contribution in [-0.4, -0.2) is 35.2 Å². The summed E-state index contributed by atoms with van der Waals surface area (Å²) in [7, 11) is 1.20. The quantitative estimate of drug-likeness (QED) is 0.513. The smallest absolute Gasteiger partial charge is 0.317 e. The summed E-state index contributed by atoms with van der Waals surface area (Å²) in [4.78, 5) is 33.0. The Kier molecular flexibility index (Phi) is 6.23. The number of methoxy groups -OCH3 is 1. The number of hydrogen-bond acceptors (Lipinski definition) is 4. The Balaban J connectivity index is 4.89. The van der Waals surface area contributed by atoms with Crippen LogP contribution in [0.25, 0.3) is 0 Å². The number of ether oxygens (including phenoxy) is 1. The van der Waals surface area contributed by atoms with Gasteiger partial charge in [-0.1, -0.05) is 20.3 Å². The lowest BCUT2D eigenvalue weighted by Gasteiger charge is -2.22. The molecule has 6 nitrogen and oxygen atoms in total. The molecule has 0 aliphatic carbocycles. The molecule has 0 aliphatic heterocycles. The third kappa shape index (κ3) is 4.42. The minimum Gasteiger partial charge on any atom is -0.481 e. The first-order valence-corrected chi connectivity index (χ1v) is 5.38. The fourth-order valence-electron chi connectivity index (χ4n) is 1.56. The molecule has 6 heteroatoms. The van der Waals surface area contributed by atoms with Crippen molar-refractivity contribution in [2.75, 3.05) is 7.11 Å². The fourth-order valence-corrected chi connectivity index (χ4v) is 1.56. The first kappa shape index (κ1) is 15.4. The predicted octanol–water partition coefficient (Wildman–Crippen LogP) is 0.997. The standard InChI is InChI=1S/C11H18O6/c1-4-6(2)7(11(16)17-3)5-8(9(12)13)10(14)15/h6-8H,4-5H2,1-3H3,(H,12,13)(H,14,15)/t6-,7+/m1/s1. The van der Waals surface area contributed by atoms with Crippen LogP contribution in [0.2, 0.25) is 0 Å². The summed E-state index contributed by atoms with van der Waals surface area (Å²) in [5, 5.41) is 17.5. The van der Waals surface area contributed by atoms with E-state index in [9.17, 15) is 14.4 Å². The average molecular weight is 246 g/mol. The molecule has 2 atom stereocenters. The fraction of sp³-hybridized carbons (Fsp3) is 0.727. The molecule has 0 aromatic carbocycles. The Morgan fingerprint density at radius 3 is 1.94 bits per heavy atom. The van der Waals surface area contributed by atoms with Crippen LogP contribution in [0.5, 0.6) is 0 Å². The van der Waals surface area contributed by atoms with Crippen molar-refractivity contribution in [3.63, 3.8) is 0 Å². The van der Waals surface area contributed by atoms with E-state index in [4.69, 9.17) is 10.2 Å². The molecule has 0 saturated carbocycles. The Morgan fingerprint density at radius 1 is 1.18 bits per heavy atom. The minimum absolute atomic E-state index is 0.122. The molecular formula is C11H18O6. The molecule has 0 bridgehead atoms. The SMILES string of the molecule is CC[C@@H](C)[C@H](CC(C(=O)O)C(=O)O)C(=O)OC. The molecule has 0 amide bonds. The van der Waals surface area contributed by atoms with Gasteiger partial charge in [0.15, 0.2) is 5.92 Å². The first-order chi connectivity index (χ1) is 7.84. The van der Waals surface area contributed by atoms with Gasteiger partial charge in [0.1, 0.15) is 0 Å². The number of carbonyl (C=O) groups excluding carboxylic acids is 1. The second-order valence-corrected chi connectivity index (χ2v) is 3.98. The number of rotatable bonds is 7. The highest BCUT2D eigenvalue weighted by Gasteiger charge is 2.35. The van der Waals surface area contributed by atoms with Crippen molar-refractivity contribution >= 4 is 17.9 Å². The second-order valence-electron chi connectivity index (χ2n) is 3.98. The summed E-state index contributed by atoms with van der Waals surface area (Å²) in [6.07, 6.45) is 0.401. The Bertz CT molecular complexity index is 284. The lowest BCUT2D eigenvalue weighted by molar-refractivity contribution is -0.157. The van der Waals surface area contributed by atoms with E-state index in [1.807, 2.05) is 6.92 Å². The van der Waals surface area contributed by atoms with Crippen LogP contribution >= 0.6 is 0 Å². The summed E-state index contributed by atoms with van der Waals surface area (Å²) >= 11 is 0. The van der Waals surface area contributed by atoms with Gasteiger partial charge in [0, 0.05) is 0 Å². The van der Waals surface area contributed by atoms with Gasteiger partial charge in [0.2, 0.25) is 0 Å². The van der Waals surface area contributed by atoms with Crippen LogP contribution in [0.1, 0.15) is 26.7 Å². The van der Waals surface area contributed by atoms with Crippen molar-refractivity contribution in [3.05, 3.63) is 0 Å². The van der Waals surface area contributed by atoms with Gasteiger partial charge in [0.05, 0.1) is 13.0 Å². The maximum absolute atomic E-state index is 11.5. The summed E-state index contributed by atoms with van der Waals surface area (Å²) in [6.45, 7) is 3.61. The molecule has 0 aromatic rings. The van der Waals surface area contributed by atoms with Crippen LogP contribution in [0.3, 0.4) is 0 Å². The van der Waals surface area contributed by atoms with Crippen LogP contribution in [0, 0.1) is 17.8 Å². The van der Waals surface area contributed by atoms with E-state index in [1.54, 1.807) is 6.92 Å². The van der Waals surface area contributed by atoms with E-state index in [2.05, 4.69) is 4.74 Å². The topological polar surface area (TPSA) is 101 Å². The van der Waals surface area contributed by atoms with Crippen molar-refractivity contribution < 1.29 is 29.3 Å². The lowest BCUT2D eigenvalue weighted by Crippen LogP contribution is -2.32. The molecule has 0 aromatic heterocycles. The molecule has 0 fully saturated rings. The number of carbonyl (C=O) groups is 3. The van der Waals surface area contributed by atoms with Gasteiger partial charge in [-0.25, -0.2) is 0 Å². The number of hydrogen-bond donors (Lipinski definition) is 2. The third-order valence-electron chi connectivity index (χ3n) is 2.92. The molecule has 0 saturated heterocycles. The molecule has 0 rings (SSSR count). The van der Waals surface area contributed by atoms with Crippen molar-refractivity contribution in [3.8, 4) is 0 Å². The largest absolute Gasteiger partial charge is 0.481 e. The van der Waals surface area contributed by atoms with Crippen molar-refractivity contribution in [2.24, 2.45) is 17.8 Å². The monoisotopic (exact) mass is 246 g/mol. The van der Waals surface area contributed by atoms with E-state index in [0.717, 1.165) is 0 Å². The van der Waals surface area contributed by atoms with Gasteiger partial charge in [-0.05, 0) is 12.3 Å². The van der Waals surface area contributed by atoms with Gasteiger partial charge in [0.25, 0.3) is 0 Å². The van der Waals surface area contributed by atoms with Gasteiger partial charge in [-0.15, -0.1) is 0 Å². The molecule has 0 unspecified atom stereocenters. The van der Waals surface area contributed by atoms with Crippen molar-refractivity contribution in [1.29, 1.82) is 0 Å². The van der Waals surface area contributed by atoms with Crippen LogP contribution in [0.15, 0.2) is 0 Å². The maximum Gasteiger partial charge on any atom is 0.317 e. The highest BCUT2D eigenvalue weighted by atomic mass is 16.5. The molecule has 2 N–H and O–H groups in total. The molecule has 98 valence electrons. The van der Waals surface area contributed by atoms with E-state index in [-0.39, 0.29) is 12.3 Å². The Labute approximate surface area is 99.6 Å².